The van der Waals surface area contributed by atoms with Crippen LogP contribution in [0.1, 0.15) is 91.2 Å². The molecule has 1 aromatic heterocycles. The van der Waals surface area contributed by atoms with E-state index in [1.807, 2.05) is 19.9 Å². The van der Waals surface area contributed by atoms with Crippen molar-refractivity contribution >= 4 is 0 Å². The summed E-state index contributed by atoms with van der Waals surface area (Å²) in [6.07, 6.45) is 16.8. The highest BCUT2D eigenvalue weighted by molar-refractivity contribution is 5.20. The van der Waals surface area contributed by atoms with Gasteiger partial charge in [0.05, 0.1) is 11.8 Å². The summed E-state index contributed by atoms with van der Waals surface area (Å²) < 4.78 is 0. The average Bonchev–Trinajstić information content (AvgIpc) is 3.16. The topological polar surface area (TPSA) is 46.0 Å². The van der Waals surface area contributed by atoms with Crippen molar-refractivity contribution < 1.29 is 5.11 Å². The van der Waals surface area contributed by atoms with Gasteiger partial charge < -0.3 is 5.11 Å². The number of allylic oxidation sites excluding steroid dienone is 1. The number of aromatic nitrogens is 2. The number of fused-ring (bicyclic) bond motifs is 5. The van der Waals surface area contributed by atoms with Crippen LogP contribution in [0.3, 0.4) is 0 Å². The molecule has 0 radical (unpaired) electrons. The number of aliphatic hydroxyl groups excluding tert-OH is 1. The number of aryl methyl sites for hydroxylation is 1. The molecule has 1 aromatic rings. The Hall–Kier alpha value is -1.22. The number of hydrogen-bond donors (Lipinski definition) is 1. The Kier molecular flexibility index (Phi) is 7.20. The third-order valence-corrected chi connectivity index (χ3v) is 9.66. The second kappa shape index (κ2) is 9.73. The molecule has 4 aliphatic carbocycles. The molecule has 0 bridgehead atoms. The first-order valence-electron chi connectivity index (χ1n) is 13.2. The molecule has 3 saturated carbocycles. The minimum absolute atomic E-state index is 0.0751. The van der Waals surface area contributed by atoms with Gasteiger partial charge in [0.2, 0.25) is 0 Å². The van der Waals surface area contributed by atoms with Gasteiger partial charge in [0, 0.05) is 6.20 Å². The summed E-state index contributed by atoms with van der Waals surface area (Å²) >= 11 is 0. The first-order valence-corrected chi connectivity index (χ1v) is 13.2. The van der Waals surface area contributed by atoms with Crippen molar-refractivity contribution in [3.63, 3.8) is 0 Å². The van der Waals surface area contributed by atoms with Gasteiger partial charge in [-0.05, 0) is 117 Å². The molecule has 8 atom stereocenters. The Morgan fingerprint density at radius 3 is 2.74 bits per heavy atom. The first-order chi connectivity index (χ1) is 15.1. The molecule has 3 heteroatoms. The smallest absolute Gasteiger partial charge is 0.0631 e. The van der Waals surface area contributed by atoms with Crippen LogP contribution < -0.4 is 0 Å². The van der Waals surface area contributed by atoms with Gasteiger partial charge in [-0.15, -0.1) is 0 Å². The van der Waals surface area contributed by atoms with Crippen molar-refractivity contribution in [1.29, 1.82) is 0 Å². The average molecular weight is 425 g/mol. The largest absolute Gasteiger partial charge is 0.393 e. The lowest BCUT2D eigenvalue weighted by atomic mass is 9.51. The fourth-order valence-corrected chi connectivity index (χ4v) is 8.27. The van der Waals surface area contributed by atoms with Gasteiger partial charge in [0.1, 0.15) is 0 Å². The molecular formula is C28H44N2O. The summed E-state index contributed by atoms with van der Waals surface area (Å²) in [6.45, 7) is 9.15. The Balaban J connectivity index is 0.00000112. The van der Waals surface area contributed by atoms with Crippen LogP contribution in [0.4, 0.5) is 0 Å². The summed E-state index contributed by atoms with van der Waals surface area (Å²) in [5.74, 6) is 5.13. The molecular weight excluding hydrogens is 380 g/mol. The zero-order valence-corrected chi connectivity index (χ0v) is 20.3. The Morgan fingerprint density at radius 1 is 1.13 bits per heavy atom. The molecule has 0 saturated heterocycles. The Labute approximate surface area is 190 Å². The minimum atomic E-state index is -0.0751. The van der Waals surface area contributed by atoms with Crippen LogP contribution in [0.25, 0.3) is 0 Å². The predicted molar refractivity (Wildman–Crippen MR) is 127 cm³/mol. The molecule has 8 unspecified atom stereocenters. The molecule has 3 fully saturated rings. The Bertz CT molecular complexity index is 747. The quantitative estimate of drug-likeness (QED) is 0.552. The number of hydrogen-bond acceptors (Lipinski definition) is 3. The normalized spacial score (nSPS) is 39.8. The van der Waals surface area contributed by atoms with Crippen LogP contribution in [0, 0.1) is 40.9 Å². The highest BCUT2D eigenvalue weighted by Crippen LogP contribution is 2.64. The molecule has 0 amide bonds. The maximum absolute atomic E-state index is 10.1. The van der Waals surface area contributed by atoms with Gasteiger partial charge in [-0.25, -0.2) is 0 Å². The van der Waals surface area contributed by atoms with Gasteiger partial charge in [-0.2, -0.15) is 10.2 Å². The molecule has 5 rings (SSSR count). The summed E-state index contributed by atoms with van der Waals surface area (Å²) in [7, 11) is 0. The zero-order chi connectivity index (χ0) is 22.0. The van der Waals surface area contributed by atoms with Crippen LogP contribution in [0.15, 0.2) is 30.0 Å². The molecule has 1 N–H and O–H groups in total. The number of nitrogens with zero attached hydrogens (tertiary/aromatic N) is 2. The summed E-state index contributed by atoms with van der Waals surface area (Å²) in [5, 5.41) is 18.5. The van der Waals surface area contributed by atoms with E-state index in [4.69, 9.17) is 0 Å². The first kappa shape index (κ1) is 23.0. The van der Waals surface area contributed by atoms with E-state index in [0.717, 1.165) is 60.5 Å². The maximum atomic E-state index is 10.1. The molecule has 4 aliphatic rings. The molecule has 0 aliphatic heterocycles. The zero-order valence-electron chi connectivity index (χ0n) is 20.3. The van der Waals surface area contributed by atoms with Crippen molar-refractivity contribution in [2.45, 2.75) is 98.0 Å². The fraction of sp³-hybridized carbons (Fsp3) is 0.786. The lowest BCUT2D eigenvalue weighted by Gasteiger charge is -2.54. The van der Waals surface area contributed by atoms with Crippen molar-refractivity contribution in [3.05, 3.63) is 35.7 Å². The summed E-state index contributed by atoms with van der Waals surface area (Å²) in [5.41, 5.74) is 3.29. The van der Waals surface area contributed by atoms with Crippen molar-refractivity contribution in [2.75, 3.05) is 0 Å². The highest BCUT2D eigenvalue weighted by atomic mass is 16.3. The minimum Gasteiger partial charge on any atom is -0.393 e. The van der Waals surface area contributed by atoms with Gasteiger partial charge in [-0.1, -0.05) is 39.3 Å². The lowest BCUT2D eigenvalue weighted by molar-refractivity contribution is -0.0292. The summed E-state index contributed by atoms with van der Waals surface area (Å²) in [4.78, 5) is 0. The van der Waals surface area contributed by atoms with Gasteiger partial charge in [0.15, 0.2) is 0 Å². The third kappa shape index (κ3) is 4.36. The Morgan fingerprint density at radius 2 is 1.97 bits per heavy atom. The second-order valence-corrected chi connectivity index (χ2v) is 11.0. The SMILES string of the molecule is CC.CC(CCc1cccnn1)C1CCC2C3CC=C4CC(O)CCC4C3CCC12C. The van der Waals surface area contributed by atoms with E-state index < -0.39 is 0 Å². The number of rotatable bonds is 4. The molecule has 31 heavy (non-hydrogen) atoms. The molecule has 172 valence electrons. The van der Waals surface area contributed by atoms with Crippen LogP contribution in [0.2, 0.25) is 0 Å². The van der Waals surface area contributed by atoms with E-state index in [9.17, 15) is 5.11 Å². The van der Waals surface area contributed by atoms with E-state index >= 15 is 0 Å². The second-order valence-electron chi connectivity index (χ2n) is 11.0. The molecule has 1 heterocycles. The van der Waals surface area contributed by atoms with Gasteiger partial charge in [-0.3, -0.25) is 0 Å². The molecule has 0 aromatic carbocycles. The third-order valence-electron chi connectivity index (χ3n) is 9.66. The van der Waals surface area contributed by atoms with E-state index in [-0.39, 0.29) is 6.10 Å². The van der Waals surface area contributed by atoms with E-state index in [1.165, 1.54) is 44.9 Å². The van der Waals surface area contributed by atoms with Gasteiger partial charge >= 0.3 is 0 Å². The predicted octanol–water partition coefficient (Wildman–Crippen LogP) is 6.62. The standard InChI is InChI=1S/C26H38N2O.C2H6/c1-17(5-7-19-4-3-15-27-28-19)24-11-12-25-23-9-6-18-16-20(29)8-10-21(18)22(23)13-14-26(24,25)2;1-2/h3-4,6,15,17,20-25,29H,5,7-14,16H2,1-2H3;1-2H3. The lowest BCUT2D eigenvalue weighted by Crippen LogP contribution is -2.47. The van der Waals surface area contributed by atoms with Crippen LogP contribution in [-0.2, 0) is 6.42 Å². The van der Waals surface area contributed by atoms with Crippen molar-refractivity contribution in [3.8, 4) is 0 Å². The molecule has 0 spiro atoms. The number of aliphatic hydroxyl groups is 1. The molecule has 3 nitrogen and oxygen atoms in total. The monoisotopic (exact) mass is 424 g/mol. The van der Waals surface area contributed by atoms with E-state index in [2.05, 4.69) is 36.2 Å². The van der Waals surface area contributed by atoms with Crippen molar-refractivity contribution in [1.82, 2.24) is 10.2 Å². The maximum Gasteiger partial charge on any atom is 0.0631 e. The van der Waals surface area contributed by atoms with Crippen LogP contribution >= 0.6 is 0 Å². The van der Waals surface area contributed by atoms with Crippen LogP contribution in [-0.4, -0.2) is 21.4 Å². The highest BCUT2D eigenvalue weighted by Gasteiger charge is 2.56. The van der Waals surface area contributed by atoms with Gasteiger partial charge in [0.25, 0.3) is 0 Å². The van der Waals surface area contributed by atoms with Crippen LogP contribution in [0.5, 0.6) is 0 Å². The van der Waals surface area contributed by atoms with E-state index in [1.54, 1.807) is 11.8 Å². The fourth-order valence-electron chi connectivity index (χ4n) is 8.27. The summed E-state index contributed by atoms with van der Waals surface area (Å²) in [6, 6.07) is 4.13. The van der Waals surface area contributed by atoms with E-state index in [0.29, 0.717) is 5.41 Å². The van der Waals surface area contributed by atoms with Crippen molar-refractivity contribution in [2.24, 2.45) is 40.9 Å².